The Hall–Kier alpha value is -3.54. The first-order valence-corrected chi connectivity index (χ1v) is 13.2. The van der Waals surface area contributed by atoms with Crippen molar-refractivity contribution in [2.45, 2.75) is 18.7 Å². The summed E-state index contributed by atoms with van der Waals surface area (Å²) in [5.41, 5.74) is 2.29. The number of H-pyrrole nitrogens is 1. The number of aryl methyl sites for hydroxylation is 1. The van der Waals surface area contributed by atoms with E-state index in [4.69, 9.17) is 4.74 Å². The number of rotatable bonds is 6. The normalized spacial score (nSPS) is 15.4. The first-order chi connectivity index (χ1) is 17.3. The molecule has 0 bridgehead atoms. The average molecular weight is 509 g/mol. The lowest BCUT2D eigenvalue weighted by Crippen LogP contribution is -2.48. The molecule has 5 rings (SSSR count). The number of ether oxygens (including phenoxy) is 1. The highest BCUT2D eigenvalue weighted by Crippen LogP contribution is 2.32. The van der Waals surface area contributed by atoms with Crippen molar-refractivity contribution < 1.29 is 13.2 Å². The Labute approximate surface area is 209 Å². The lowest BCUT2D eigenvalue weighted by atomic mass is 10.2. The molecule has 1 N–H and O–H groups in total. The van der Waals surface area contributed by atoms with Gasteiger partial charge in [-0.15, -0.1) is 0 Å². The number of hydrogen-bond acceptors (Lipinski definition) is 7. The third-order valence-electron chi connectivity index (χ3n) is 6.54. The largest absolute Gasteiger partial charge is 0.496 e. The first-order valence-electron chi connectivity index (χ1n) is 11.8. The van der Waals surface area contributed by atoms with Crippen LogP contribution in [0.25, 0.3) is 28.1 Å². The summed E-state index contributed by atoms with van der Waals surface area (Å²) in [6, 6.07) is 14.0. The molecule has 0 aliphatic carbocycles. The fourth-order valence-electron chi connectivity index (χ4n) is 4.51. The van der Waals surface area contributed by atoms with Crippen LogP contribution >= 0.6 is 0 Å². The van der Waals surface area contributed by atoms with E-state index in [1.165, 1.54) is 23.5 Å². The molecule has 1 aliphatic heterocycles. The van der Waals surface area contributed by atoms with Gasteiger partial charge in [0, 0.05) is 32.2 Å². The fraction of sp³-hybridized carbons (Fsp3) is 0.320. The van der Waals surface area contributed by atoms with Gasteiger partial charge in [0.2, 0.25) is 10.0 Å². The molecule has 36 heavy (non-hydrogen) atoms. The summed E-state index contributed by atoms with van der Waals surface area (Å²) < 4.78 is 35.2. The number of sulfonamides is 1. The molecule has 2 aromatic carbocycles. The molecule has 0 radical (unpaired) electrons. The number of piperazine rings is 1. The van der Waals surface area contributed by atoms with Crippen LogP contribution in [0.1, 0.15) is 12.6 Å². The Bertz CT molecular complexity index is 1570. The van der Waals surface area contributed by atoms with Crippen LogP contribution in [0.2, 0.25) is 0 Å². The fourth-order valence-corrected chi connectivity index (χ4v) is 5.95. The van der Waals surface area contributed by atoms with E-state index < -0.39 is 10.0 Å². The topological polar surface area (TPSA) is 113 Å². The van der Waals surface area contributed by atoms with Gasteiger partial charge in [-0.05, 0) is 37.7 Å². The van der Waals surface area contributed by atoms with Gasteiger partial charge in [-0.1, -0.05) is 25.1 Å². The van der Waals surface area contributed by atoms with E-state index in [0.717, 1.165) is 12.2 Å². The van der Waals surface area contributed by atoms with Gasteiger partial charge in [-0.3, -0.25) is 4.79 Å². The van der Waals surface area contributed by atoms with Gasteiger partial charge >= 0.3 is 0 Å². The summed E-state index contributed by atoms with van der Waals surface area (Å²) in [5.74, 6) is 0.583. The molecule has 10 nitrogen and oxygen atoms in total. The van der Waals surface area contributed by atoms with E-state index in [9.17, 15) is 13.2 Å². The standard InChI is InChI=1S/C25H28N6O4S/c1-4-29-12-14-30(15-13-29)36(33,34)19-10-11-20(21(16-19)35-3)24-26-22-17(2)28-31(23(22)25(32)27-24)18-8-6-5-7-9-18/h5-11,16H,4,12-15H2,1-3H3,(H,26,27,32). The maximum Gasteiger partial charge on any atom is 0.277 e. The van der Waals surface area contributed by atoms with Crippen LogP contribution in [0.3, 0.4) is 0 Å². The van der Waals surface area contributed by atoms with Crippen LogP contribution in [-0.4, -0.2) is 77.2 Å². The first kappa shape index (κ1) is 24.2. The smallest absolute Gasteiger partial charge is 0.277 e. The van der Waals surface area contributed by atoms with Crippen LogP contribution in [0.4, 0.5) is 0 Å². The summed E-state index contributed by atoms with van der Waals surface area (Å²) in [6.07, 6.45) is 0. The van der Waals surface area contributed by atoms with Crippen molar-refractivity contribution in [3.05, 3.63) is 64.6 Å². The quantitative estimate of drug-likeness (QED) is 0.426. The minimum Gasteiger partial charge on any atom is -0.496 e. The van der Waals surface area contributed by atoms with Gasteiger partial charge in [-0.2, -0.15) is 9.40 Å². The summed E-state index contributed by atoms with van der Waals surface area (Å²) in [6.45, 7) is 7.04. The van der Waals surface area contributed by atoms with E-state index in [0.29, 0.717) is 54.2 Å². The number of para-hydroxylation sites is 1. The number of nitrogens with one attached hydrogen (secondary N) is 1. The second-order valence-electron chi connectivity index (χ2n) is 8.64. The zero-order chi connectivity index (χ0) is 25.4. The average Bonchev–Trinajstić information content (AvgIpc) is 3.25. The van der Waals surface area contributed by atoms with Crippen molar-refractivity contribution in [1.82, 2.24) is 29.0 Å². The number of aromatic nitrogens is 4. The van der Waals surface area contributed by atoms with Crippen molar-refractivity contribution in [2.24, 2.45) is 0 Å². The Morgan fingerprint density at radius 2 is 1.78 bits per heavy atom. The van der Waals surface area contributed by atoms with Gasteiger partial charge in [0.1, 0.15) is 17.1 Å². The van der Waals surface area contributed by atoms with Gasteiger partial charge < -0.3 is 14.6 Å². The van der Waals surface area contributed by atoms with Gasteiger partial charge in [0.05, 0.1) is 29.0 Å². The number of hydrogen-bond donors (Lipinski definition) is 1. The minimum absolute atomic E-state index is 0.143. The summed E-state index contributed by atoms with van der Waals surface area (Å²) >= 11 is 0. The van der Waals surface area contributed by atoms with E-state index >= 15 is 0 Å². The van der Waals surface area contributed by atoms with Gasteiger partial charge in [-0.25, -0.2) is 18.1 Å². The molecule has 0 amide bonds. The third kappa shape index (κ3) is 4.19. The molecule has 188 valence electrons. The Morgan fingerprint density at radius 1 is 1.06 bits per heavy atom. The Morgan fingerprint density at radius 3 is 2.44 bits per heavy atom. The lowest BCUT2D eigenvalue weighted by molar-refractivity contribution is 0.196. The molecule has 0 atom stereocenters. The van der Waals surface area contributed by atoms with Crippen molar-refractivity contribution in [2.75, 3.05) is 39.8 Å². The Kier molecular flexibility index (Phi) is 6.37. The molecule has 0 saturated carbocycles. The zero-order valence-corrected chi connectivity index (χ0v) is 21.2. The molecular weight excluding hydrogens is 480 g/mol. The van der Waals surface area contributed by atoms with Crippen LogP contribution < -0.4 is 10.3 Å². The monoisotopic (exact) mass is 508 g/mol. The second-order valence-corrected chi connectivity index (χ2v) is 10.6. The highest BCUT2D eigenvalue weighted by Gasteiger charge is 2.29. The van der Waals surface area contributed by atoms with Crippen molar-refractivity contribution in [3.8, 4) is 22.8 Å². The van der Waals surface area contributed by atoms with E-state index in [-0.39, 0.29) is 16.3 Å². The highest BCUT2D eigenvalue weighted by molar-refractivity contribution is 7.89. The number of methoxy groups -OCH3 is 1. The maximum absolute atomic E-state index is 13.3. The van der Waals surface area contributed by atoms with E-state index in [1.807, 2.05) is 30.3 Å². The molecule has 1 saturated heterocycles. The lowest BCUT2D eigenvalue weighted by Gasteiger charge is -2.33. The molecule has 3 heterocycles. The number of benzene rings is 2. The predicted molar refractivity (Wildman–Crippen MR) is 137 cm³/mol. The van der Waals surface area contributed by atoms with Crippen LogP contribution in [0, 0.1) is 6.92 Å². The number of fused-ring (bicyclic) bond motifs is 1. The van der Waals surface area contributed by atoms with Gasteiger partial charge in [0.15, 0.2) is 5.52 Å². The minimum atomic E-state index is -3.68. The molecule has 0 unspecified atom stereocenters. The highest BCUT2D eigenvalue weighted by atomic mass is 32.2. The van der Waals surface area contributed by atoms with Crippen molar-refractivity contribution >= 4 is 21.1 Å². The molecule has 2 aromatic heterocycles. The van der Waals surface area contributed by atoms with E-state index in [2.05, 4.69) is 26.9 Å². The summed E-state index contributed by atoms with van der Waals surface area (Å²) in [4.78, 5) is 23.0. The SMILES string of the molecule is CCN1CCN(S(=O)(=O)c2ccc(-c3nc4c(C)nn(-c5ccccc5)c4c(=O)[nH]3)c(OC)c2)CC1. The Balaban J connectivity index is 1.54. The zero-order valence-electron chi connectivity index (χ0n) is 20.4. The maximum atomic E-state index is 13.3. The van der Waals surface area contributed by atoms with Gasteiger partial charge in [0.25, 0.3) is 5.56 Å². The summed E-state index contributed by atoms with van der Waals surface area (Å²) in [5, 5.41) is 4.52. The number of likely N-dealkylation sites (N-methyl/N-ethyl adjacent to an activating group) is 1. The van der Waals surface area contributed by atoms with Crippen molar-refractivity contribution in [3.63, 3.8) is 0 Å². The molecule has 0 spiro atoms. The molecule has 11 heteroatoms. The van der Waals surface area contributed by atoms with Crippen molar-refractivity contribution in [1.29, 1.82) is 0 Å². The summed E-state index contributed by atoms with van der Waals surface area (Å²) in [7, 11) is -2.22. The molecule has 1 fully saturated rings. The molecular formula is C25H28N6O4S. The number of nitrogens with zero attached hydrogens (tertiary/aromatic N) is 5. The third-order valence-corrected chi connectivity index (χ3v) is 8.44. The van der Waals surface area contributed by atoms with Crippen LogP contribution in [0.5, 0.6) is 5.75 Å². The van der Waals surface area contributed by atoms with Crippen LogP contribution in [0.15, 0.2) is 58.2 Å². The second kappa shape index (κ2) is 9.49. The number of aromatic amines is 1. The molecule has 1 aliphatic rings. The molecule has 4 aromatic rings. The predicted octanol–water partition coefficient (Wildman–Crippen LogP) is 2.42. The van der Waals surface area contributed by atoms with Crippen LogP contribution in [-0.2, 0) is 10.0 Å². The van der Waals surface area contributed by atoms with E-state index in [1.54, 1.807) is 17.7 Å².